The Bertz CT molecular complexity index is 593. The lowest BCUT2D eigenvalue weighted by Gasteiger charge is -2.11. The van der Waals surface area contributed by atoms with E-state index in [0.29, 0.717) is 17.9 Å². The molecule has 0 saturated carbocycles. The van der Waals surface area contributed by atoms with Crippen molar-refractivity contribution in [1.82, 2.24) is 4.98 Å². The summed E-state index contributed by atoms with van der Waals surface area (Å²) in [6.45, 7) is 2.38. The largest absolute Gasteiger partial charge is 0.399 e. The molecule has 0 aliphatic carbocycles. The number of nitrogens with zero attached hydrogens (tertiary/aromatic N) is 1. The number of nitrogens with one attached hydrogen (secondary N) is 1. The van der Waals surface area contributed by atoms with Crippen LogP contribution in [0.3, 0.4) is 0 Å². The molecule has 0 radical (unpaired) electrons. The number of rotatable bonds is 4. The summed E-state index contributed by atoms with van der Waals surface area (Å²) in [5.41, 5.74) is 14.0. The highest BCUT2D eigenvalue weighted by atomic mass is 16.1. The van der Waals surface area contributed by atoms with Crippen LogP contribution in [0.1, 0.15) is 21.5 Å². The van der Waals surface area contributed by atoms with Crippen molar-refractivity contribution in [3.63, 3.8) is 0 Å². The van der Waals surface area contributed by atoms with Gasteiger partial charge in [0.2, 0.25) is 0 Å². The summed E-state index contributed by atoms with van der Waals surface area (Å²) in [7, 11) is 0. The van der Waals surface area contributed by atoms with Crippen molar-refractivity contribution in [1.29, 1.82) is 0 Å². The molecule has 2 aromatic rings. The molecule has 0 spiro atoms. The van der Waals surface area contributed by atoms with Gasteiger partial charge in [-0.1, -0.05) is 12.1 Å². The molecular formula is C14H16N4O. The summed E-state index contributed by atoms with van der Waals surface area (Å²) in [6, 6.07) is 9.25. The fourth-order valence-electron chi connectivity index (χ4n) is 1.82. The number of amides is 1. The van der Waals surface area contributed by atoms with Crippen LogP contribution in [0.2, 0.25) is 0 Å². The maximum atomic E-state index is 11.4. The molecule has 0 bridgehead atoms. The minimum atomic E-state index is -0.481. The Kier molecular flexibility index (Phi) is 3.66. The molecule has 19 heavy (non-hydrogen) atoms. The second-order valence-electron chi connectivity index (χ2n) is 4.31. The van der Waals surface area contributed by atoms with Gasteiger partial charge in [-0.05, 0) is 36.2 Å². The molecule has 1 amide bonds. The number of benzene rings is 1. The summed E-state index contributed by atoms with van der Waals surface area (Å²) < 4.78 is 0. The lowest BCUT2D eigenvalue weighted by molar-refractivity contribution is 0.1000. The third-order valence-electron chi connectivity index (χ3n) is 2.85. The van der Waals surface area contributed by atoms with E-state index < -0.39 is 5.91 Å². The third-order valence-corrected chi connectivity index (χ3v) is 2.85. The Morgan fingerprint density at radius 3 is 2.58 bits per heavy atom. The standard InChI is InChI=1S/C14H16N4O/c1-9-6-7-17-14(12(9)13(16)19)18-8-10-2-4-11(15)5-3-10/h2-7H,8,15H2,1H3,(H2,16,19)(H,17,18). The lowest BCUT2D eigenvalue weighted by atomic mass is 10.1. The average Bonchev–Trinajstić information content (AvgIpc) is 2.37. The summed E-state index contributed by atoms with van der Waals surface area (Å²) in [4.78, 5) is 15.6. The number of primary amides is 1. The monoisotopic (exact) mass is 256 g/mol. The Morgan fingerprint density at radius 1 is 1.26 bits per heavy atom. The van der Waals surface area contributed by atoms with Gasteiger partial charge >= 0.3 is 0 Å². The van der Waals surface area contributed by atoms with Crippen molar-refractivity contribution < 1.29 is 4.79 Å². The number of nitrogens with two attached hydrogens (primary N) is 2. The Morgan fingerprint density at radius 2 is 1.95 bits per heavy atom. The van der Waals surface area contributed by atoms with Crippen LogP contribution in [0.5, 0.6) is 0 Å². The number of hydrogen-bond donors (Lipinski definition) is 3. The van der Waals surface area contributed by atoms with Gasteiger partial charge in [-0.25, -0.2) is 4.98 Å². The topological polar surface area (TPSA) is 94.0 Å². The van der Waals surface area contributed by atoms with Gasteiger partial charge in [-0.15, -0.1) is 0 Å². The van der Waals surface area contributed by atoms with Crippen LogP contribution in [0.15, 0.2) is 36.5 Å². The zero-order valence-corrected chi connectivity index (χ0v) is 10.7. The van der Waals surface area contributed by atoms with Crippen molar-refractivity contribution in [3.8, 4) is 0 Å². The number of hydrogen-bond acceptors (Lipinski definition) is 4. The number of carbonyl (C=O) groups is 1. The predicted octanol–water partition coefficient (Wildman–Crippen LogP) is 1.68. The highest BCUT2D eigenvalue weighted by Gasteiger charge is 2.12. The molecule has 5 heteroatoms. The van der Waals surface area contributed by atoms with E-state index in [1.54, 1.807) is 12.3 Å². The number of aryl methyl sites for hydroxylation is 1. The first kappa shape index (κ1) is 12.9. The van der Waals surface area contributed by atoms with Gasteiger partial charge in [0.1, 0.15) is 5.82 Å². The molecule has 5 nitrogen and oxygen atoms in total. The molecule has 1 aromatic heterocycles. The van der Waals surface area contributed by atoms with Crippen LogP contribution in [-0.2, 0) is 6.54 Å². The molecule has 5 N–H and O–H groups in total. The number of anilines is 2. The molecule has 0 atom stereocenters. The first-order valence-corrected chi connectivity index (χ1v) is 5.91. The summed E-state index contributed by atoms with van der Waals surface area (Å²) in [5.74, 6) is 0.0229. The van der Waals surface area contributed by atoms with E-state index in [1.165, 1.54) is 0 Å². The van der Waals surface area contributed by atoms with Crippen molar-refractivity contribution in [2.45, 2.75) is 13.5 Å². The van der Waals surface area contributed by atoms with Crippen LogP contribution in [0.4, 0.5) is 11.5 Å². The van der Waals surface area contributed by atoms with Gasteiger partial charge < -0.3 is 16.8 Å². The van der Waals surface area contributed by atoms with E-state index in [2.05, 4.69) is 10.3 Å². The Hall–Kier alpha value is -2.56. The van der Waals surface area contributed by atoms with Gasteiger partial charge in [0, 0.05) is 18.4 Å². The number of aromatic nitrogens is 1. The predicted molar refractivity (Wildman–Crippen MR) is 75.7 cm³/mol. The first-order chi connectivity index (χ1) is 9.08. The summed E-state index contributed by atoms with van der Waals surface area (Å²) in [5, 5.41) is 3.12. The fourth-order valence-corrected chi connectivity index (χ4v) is 1.82. The maximum Gasteiger partial charge on any atom is 0.252 e. The molecule has 0 saturated heterocycles. The highest BCUT2D eigenvalue weighted by molar-refractivity contribution is 5.98. The van der Waals surface area contributed by atoms with Crippen molar-refractivity contribution in [2.24, 2.45) is 5.73 Å². The summed E-state index contributed by atoms with van der Waals surface area (Å²) >= 11 is 0. The zero-order valence-electron chi connectivity index (χ0n) is 10.7. The number of nitrogen functional groups attached to an aromatic ring is 1. The van der Waals surface area contributed by atoms with Gasteiger partial charge in [-0.2, -0.15) is 0 Å². The molecule has 0 aliphatic heterocycles. The quantitative estimate of drug-likeness (QED) is 0.725. The Balaban J connectivity index is 2.18. The fraction of sp³-hybridized carbons (Fsp3) is 0.143. The van der Waals surface area contributed by atoms with E-state index in [9.17, 15) is 4.79 Å². The zero-order chi connectivity index (χ0) is 13.8. The minimum Gasteiger partial charge on any atom is -0.399 e. The lowest BCUT2D eigenvalue weighted by Crippen LogP contribution is -2.17. The van der Waals surface area contributed by atoms with Crippen LogP contribution in [0, 0.1) is 6.92 Å². The van der Waals surface area contributed by atoms with E-state index >= 15 is 0 Å². The number of pyridine rings is 1. The van der Waals surface area contributed by atoms with Gasteiger partial charge in [0.15, 0.2) is 0 Å². The SMILES string of the molecule is Cc1ccnc(NCc2ccc(N)cc2)c1C(N)=O. The van der Waals surface area contributed by atoms with Crippen LogP contribution >= 0.6 is 0 Å². The second-order valence-corrected chi connectivity index (χ2v) is 4.31. The number of carbonyl (C=O) groups excluding carboxylic acids is 1. The molecule has 0 aliphatic rings. The smallest absolute Gasteiger partial charge is 0.252 e. The van der Waals surface area contributed by atoms with Crippen LogP contribution < -0.4 is 16.8 Å². The molecule has 98 valence electrons. The molecule has 0 unspecified atom stereocenters. The molecule has 0 fully saturated rings. The normalized spacial score (nSPS) is 10.2. The van der Waals surface area contributed by atoms with Crippen molar-refractivity contribution in [2.75, 3.05) is 11.1 Å². The molecule has 1 heterocycles. The second kappa shape index (κ2) is 5.39. The van der Waals surface area contributed by atoms with E-state index in [4.69, 9.17) is 11.5 Å². The summed E-state index contributed by atoms with van der Waals surface area (Å²) in [6.07, 6.45) is 1.65. The minimum absolute atomic E-state index is 0.429. The van der Waals surface area contributed by atoms with E-state index in [1.807, 2.05) is 31.2 Å². The first-order valence-electron chi connectivity index (χ1n) is 5.91. The van der Waals surface area contributed by atoms with Gasteiger partial charge in [0.25, 0.3) is 5.91 Å². The molecule has 2 rings (SSSR count). The highest BCUT2D eigenvalue weighted by Crippen LogP contribution is 2.17. The van der Waals surface area contributed by atoms with Gasteiger partial charge in [-0.3, -0.25) is 4.79 Å². The molecular weight excluding hydrogens is 240 g/mol. The maximum absolute atomic E-state index is 11.4. The Labute approximate surface area is 111 Å². The van der Waals surface area contributed by atoms with E-state index in [0.717, 1.165) is 16.8 Å². The van der Waals surface area contributed by atoms with Crippen LogP contribution in [0.25, 0.3) is 0 Å². The van der Waals surface area contributed by atoms with Gasteiger partial charge in [0.05, 0.1) is 5.56 Å². The van der Waals surface area contributed by atoms with E-state index in [-0.39, 0.29) is 0 Å². The van der Waals surface area contributed by atoms with Crippen LogP contribution in [-0.4, -0.2) is 10.9 Å². The van der Waals surface area contributed by atoms with Crippen molar-refractivity contribution in [3.05, 3.63) is 53.2 Å². The average molecular weight is 256 g/mol. The van der Waals surface area contributed by atoms with Crippen molar-refractivity contribution >= 4 is 17.4 Å². The third kappa shape index (κ3) is 3.01. The molecule has 1 aromatic carbocycles.